The van der Waals surface area contributed by atoms with E-state index in [1.807, 2.05) is 45.1 Å². The van der Waals surface area contributed by atoms with Gasteiger partial charge in [-0.1, -0.05) is 26.8 Å². The van der Waals surface area contributed by atoms with Crippen molar-refractivity contribution in [1.29, 1.82) is 0 Å². The highest BCUT2D eigenvalue weighted by atomic mass is 16.3. The number of ketones is 1. The fourth-order valence-corrected chi connectivity index (χ4v) is 2.47. The van der Waals surface area contributed by atoms with E-state index in [1.165, 1.54) is 0 Å². The van der Waals surface area contributed by atoms with Gasteiger partial charge in [0.05, 0.1) is 0 Å². The molecule has 0 aliphatic heterocycles. The molecule has 0 amide bonds. The molecule has 1 aliphatic carbocycles. The molecular formula is C18H20N2O2. The summed E-state index contributed by atoms with van der Waals surface area (Å²) in [6.07, 6.45) is 5.48. The Hall–Kier alpha value is -2.36. The van der Waals surface area contributed by atoms with Gasteiger partial charge in [-0.3, -0.25) is 4.79 Å². The van der Waals surface area contributed by atoms with E-state index in [9.17, 15) is 4.79 Å². The summed E-state index contributed by atoms with van der Waals surface area (Å²) in [5.74, 6) is 0.714. The molecule has 0 atom stereocenters. The van der Waals surface area contributed by atoms with Gasteiger partial charge in [-0.2, -0.15) is 0 Å². The number of hydrogen-bond acceptors (Lipinski definition) is 4. The Balaban J connectivity index is 1.99. The number of benzene rings is 1. The maximum atomic E-state index is 12.4. The Morgan fingerprint density at radius 3 is 2.64 bits per heavy atom. The molecule has 0 bridgehead atoms. The summed E-state index contributed by atoms with van der Waals surface area (Å²) in [6.45, 7) is 5.74. The second-order valence-electron chi connectivity index (χ2n) is 6.71. The van der Waals surface area contributed by atoms with Crippen LogP contribution in [0, 0.1) is 5.41 Å². The van der Waals surface area contributed by atoms with Gasteiger partial charge in [0.25, 0.3) is 0 Å². The summed E-state index contributed by atoms with van der Waals surface area (Å²) in [7, 11) is 0. The summed E-state index contributed by atoms with van der Waals surface area (Å²) >= 11 is 0. The van der Waals surface area contributed by atoms with Crippen LogP contribution < -0.4 is 5.73 Å². The minimum Gasteiger partial charge on any atom is -0.436 e. The lowest BCUT2D eigenvalue weighted by molar-refractivity contribution is 0.0858. The van der Waals surface area contributed by atoms with E-state index < -0.39 is 5.41 Å². The highest BCUT2D eigenvalue weighted by molar-refractivity contribution is 6.01. The normalized spacial score (nSPS) is 15.6. The molecule has 22 heavy (non-hydrogen) atoms. The molecule has 2 N–H and O–H groups in total. The number of aromatic nitrogens is 1. The van der Waals surface area contributed by atoms with Crippen molar-refractivity contribution >= 4 is 22.5 Å². The molecule has 0 saturated heterocycles. The maximum absolute atomic E-state index is 12.4. The Kier molecular flexibility index (Phi) is 3.39. The summed E-state index contributed by atoms with van der Waals surface area (Å²) in [4.78, 5) is 16.9. The van der Waals surface area contributed by atoms with E-state index >= 15 is 0 Å². The molecule has 1 heterocycles. The maximum Gasteiger partial charge on any atom is 0.223 e. The summed E-state index contributed by atoms with van der Waals surface area (Å²) in [5.41, 5.74) is 9.36. The first-order valence-electron chi connectivity index (χ1n) is 7.45. The zero-order valence-corrected chi connectivity index (χ0v) is 13.1. The molecular weight excluding hydrogens is 276 g/mol. The van der Waals surface area contributed by atoms with Crippen molar-refractivity contribution in [3.63, 3.8) is 0 Å². The van der Waals surface area contributed by atoms with E-state index in [1.54, 1.807) is 6.07 Å². The van der Waals surface area contributed by atoms with Crippen LogP contribution in [0.5, 0.6) is 0 Å². The van der Waals surface area contributed by atoms with Crippen LogP contribution >= 0.6 is 0 Å². The third kappa shape index (κ3) is 2.69. The summed E-state index contributed by atoms with van der Waals surface area (Å²) in [5, 5.41) is 0. The molecule has 4 heteroatoms. The average molecular weight is 296 g/mol. The highest BCUT2D eigenvalue weighted by Crippen LogP contribution is 2.29. The topological polar surface area (TPSA) is 69.1 Å². The Morgan fingerprint density at radius 1 is 1.23 bits per heavy atom. The number of fused-ring (bicyclic) bond motifs is 1. The van der Waals surface area contributed by atoms with Gasteiger partial charge in [-0.25, -0.2) is 4.98 Å². The van der Waals surface area contributed by atoms with Gasteiger partial charge >= 0.3 is 0 Å². The number of Topliss-reactive ketones (excluding diaryl/α,β-unsaturated/α-hetero) is 1. The number of oxazole rings is 1. The number of nitrogens with two attached hydrogens (primary N) is 1. The predicted octanol–water partition coefficient (Wildman–Crippen LogP) is 4.08. The van der Waals surface area contributed by atoms with Crippen LogP contribution in [-0.2, 0) is 0 Å². The molecule has 114 valence electrons. The van der Waals surface area contributed by atoms with Crippen LogP contribution in [0.25, 0.3) is 16.7 Å². The minimum atomic E-state index is -0.408. The molecule has 0 radical (unpaired) electrons. The Morgan fingerprint density at radius 2 is 2.00 bits per heavy atom. The molecule has 1 aliphatic rings. The average Bonchev–Trinajstić information content (AvgIpc) is 2.89. The fourth-order valence-electron chi connectivity index (χ4n) is 2.47. The van der Waals surface area contributed by atoms with Crippen LogP contribution in [0.4, 0.5) is 0 Å². The molecule has 0 fully saturated rings. The molecule has 0 saturated carbocycles. The van der Waals surface area contributed by atoms with Gasteiger partial charge in [-0.15, -0.1) is 0 Å². The molecule has 4 nitrogen and oxygen atoms in total. The van der Waals surface area contributed by atoms with Crippen molar-refractivity contribution in [3.8, 4) is 0 Å². The Bertz CT molecular complexity index is 804. The first-order valence-corrected chi connectivity index (χ1v) is 7.45. The van der Waals surface area contributed by atoms with Crippen LogP contribution in [-0.4, -0.2) is 10.8 Å². The Labute approximate surface area is 129 Å². The van der Waals surface area contributed by atoms with E-state index in [0.717, 1.165) is 24.1 Å². The van der Waals surface area contributed by atoms with Crippen LogP contribution in [0.3, 0.4) is 0 Å². The third-order valence-electron chi connectivity index (χ3n) is 3.79. The number of carbonyl (C=O) groups excluding carboxylic acids is 1. The summed E-state index contributed by atoms with van der Waals surface area (Å²) in [6, 6.07) is 5.43. The molecule has 1 aromatic carbocycles. The molecule has 1 aromatic heterocycles. The smallest absolute Gasteiger partial charge is 0.223 e. The number of allylic oxidation sites excluding steroid dienone is 4. The quantitative estimate of drug-likeness (QED) is 0.848. The molecule has 0 unspecified atom stereocenters. The van der Waals surface area contributed by atoms with Gasteiger partial charge in [0.1, 0.15) is 5.52 Å². The summed E-state index contributed by atoms with van der Waals surface area (Å²) < 4.78 is 5.80. The largest absolute Gasteiger partial charge is 0.436 e. The lowest BCUT2D eigenvalue weighted by Gasteiger charge is -2.16. The van der Waals surface area contributed by atoms with Crippen molar-refractivity contribution in [3.05, 3.63) is 47.5 Å². The second kappa shape index (κ2) is 5.13. The van der Waals surface area contributed by atoms with E-state index in [2.05, 4.69) is 4.98 Å². The van der Waals surface area contributed by atoms with Crippen molar-refractivity contribution < 1.29 is 9.21 Å². The van der Waals surface area contributed by atoms with Gasteiger partial charge in [0.15, 0.2) is 11.4 Å². The van der Waals surface area contributed by atoms with Crippen molar-refractivity contribution in [2.24, 2.45) is 11.1 Å². The zero-order valence-electron chi connectivity index (χ0n) is 13.1. The number of hydrogen-bond donors (Lipinski definition) is 1. The van der Waals surface area contributed by atoms with E-state index in [0.29, 0.717) is 22.6 Å². The molecule has 2 aromatic rings. The number of nitrogens with zero attached hydrogens (tertiary/aromatic N) is 1. The standard InChI is InChI=1S/C18H20N2O2/c1-18(2,3)16(21)12-6-9-15-14(10-12)20-17(22-15)11-4-7-13(19)8-5-11/h4,6-7,9-10H,5,8,19H2,1-3H3. The van der Waals surface area contributed by atoms with E-state index in [4.69, 9.17) is 10.2 Å². The first-order chi connectivity index (χ1) is 10.3. The van der Waals surface area contributed by atoms with Crippen LogP contribution in [0.2, 0.25) is 0 Å². The first kappa shape index (κ1) is 14.6. The van der Waals surface area contributed by atoms with Crippen molar-refractivity contribution in [2.75, 3.05) is 0 Å². The highest BCUT2D eigenvalue weighted by Gasteiger charge is 2.23. The SMILES string of the molecule is CC(C)(C)C(=O)c1ccc2oc(C3=CC=C(N)CC3)nc2c1. The van der Waals surface area contributed by atoms with Crippen LogP contribution in [0.15, 0.2) is 40.5 Å². The van der Waals surface area contributed by atoms with Crippen LogP contribution in [0.1, 0.15) is 49.9 Å². The van der Waals surface area contributed by atoms with Gasteiger partial charge in [0, 0.05) is 22.2 Å². The number of carbonyl (C=O) groups is 1. The predicted molar refractivity (Wildman–Crippen MR) is 87.3 cm³/mol. The minimum absolute atomic E-state index is 0.103. The van der Waals surface area contributed by atoms with Gasteiger partial charge in [0.2, 0.25) is 5.89 Å². The third-order valence-corrected chi connectivity index (χ3v) is 3.79. The lowest BCUT2D eigenvalue weighted by Crippen LogP contribution is -2.19. The monoisotopic (exact) mass is 296 g/mol. The van der Waals surface area contributed by atoms with E-state index in [-0.39, 0.29) is 5.78 Å². The molecule has 0 spiro atoms. The zero-order chi connectivity index (χ0) is 15.9. The van der Waals surface area contributed by atoms with Crippen molar-refractivity contribution in [1.82, 2.24) is 4.98 Å². The fraction of sp³-hybridized carbons (Fsp3) is 0.333. The lowest BCUT2D eigenvalue weighted by atomic mass is 9.86. The second-order valence-corrected chi connectivity index (χ2v) is 6.71. The van der Waals surface area contributed by atoms with Gasteiger partial charge < -0.3 is 10.2 Å². The number of rotatable bonds is 2. The van der Waals surface area contributed by atoms with Gasteiger partial charge in [-0.05, 0) is 37.1 Å². The molecule has 3 rings (SSSR count). The van der Waals surface area contributed by atoms with Crippen molar-refractivity contribution in [2.45, 2.75) is 33.6 Å².